The van der Waals surface area contributed by atoms with Gasteiger partial charge in [0.2, 0.25) is 5.91 Å². The Bertz CT molecular complexity index is 555. The third-order valence-corrected chi connectivity index (χ3v) is 5.17. The number of benzene rings is 1. The Morgan fingerprint density at radius 1 is 1.26 bits per heavy atom. The Morgan fingerprint density at radius 2 is 1.96 bits per heavy atom. The maximum Gasteiger partial charge on any atom is 0.313 e. The lowest BCUT2D eigenvalue weighted by atomic mass is 9.72. The van der Waals surface area contributed by atoms with Crippen LogP contribution in [-0.4, -0.2) is 48.2 Å². The Hall–Kier alpha value is -1.53. The van der Waals surface area contributed by atoms with Crippen molar-refractivity contribution in [1.82, 2.24) is 5.32 Å². The molecule has 1 saturated heterocycles. The van der Waals surface area contributed by atoms with Crippen LogP contribution >= 0.6 is 11.8 Å². The number of carboxylic acids is 1. The molecule has 0 radical (unpaired) electrons. The van der Waals surface area contributed by atoms with Crippen LogP contribution in [-0.2, 0) is 19.7 Å². The van der Waals surface area contributed by atoms with E-state index < -0.39 is 5.97 Å². The number of carbonyl (C=O) groups excluding carboxylic acids is 1. The fourth-order valence-corrected chi connectivity index (χ4v) is 3.59. The van der Waals surface area contributed by atoms with Crippen molar-refractivity contribution in [3.63, 3.8) is 0 Å². The highest BCUT2D eigenvalue weighted by Gasteiger charge is 2.35. The first-order valence-electron chi connectivity index (χ1n) is 7.74. The fraction of sp³-hybridized carbons (Fsp3) is 0.529. The number of carbonyl (C=O) groups is 2. The largest absolute Gasteiger partial charge is 0.481 e. The maximum atomic E-state index is 12.0. The van der Waals surface area contributed by atoms with Crippen molar-refractivity contribution < 1.29 is 19.4 Å². The Balaban J connectivity index is 2.01. The Kier molecular flexibility index (Phi) is 6.47. The predicted molar refractivity (Wildman–Crippen MR) is 90.9 cm³/mol. The van der Waals surface area contributed by atoms with Gasteiger partial charge in [0.1, 0.15) is 0 Å². The molecule has 5 nitrogen and oxygen atoms in total. The number of nitrogens with one attached hydrogen (secondary N) is 1. The molecule has 1 aromatic carbocycles. The van der Waals surface area contributed by atoms with E-state index >= 15 is 0 Å². The van der Waals surface area contributed by atoms with Crippen molar-refractivity contribution in [2.45, 2.75) is 25.2 Å². The zero-order chi connectivity index (χ0) is 16.7. The van der Waals surface area contributed by atoms with E-state index in [0.29, 0.717) is 19.8 Å². The first kappa shape index (κ1) is 17.8. The third kappa shape index (κ3) is 4.97. The lowest BCUT2D eigenvalue weighted by Gasteiger charge is -2.39. The van der Waals surface area contributed by atoms with E-state index in [9.17, 15) is 9.59 Å². The highest BCUT2D eigenvalue weighted by molar-refractivity contribution is 8.00. The second kappa shape index (κ2) is 8.36. The third-order valence-electron chi connectivity index (χ3n) is 4.25. The van der Waals surface area contributed by atoms with Crippen LogP contribution in [0.15, 0.2) is 24.3 Å². The minimum Gasteiger partial charge on any atom is -0.481 e. The van der Waals surface area contributed by atoms with Gasteiger partial charge in [0.05, 0.1) is 11.5 Å². The van der Waals surface area contributed by atoms with Gasteiger partial charge in [-0.05, 0) is 30.9 Å². The molecule has 2 N–H and O–H groups in total. The molecular weight excluding hydrogens is 314 g/mol. The van der Waals surface area contributed by atoms with Crippen LogP contribution in [0.25, 0.3) is 0 Å². The average Bonchev–Trinajstić information content (AvgIpc) is 2.54. The van der Waals surface area contributed by atoms with Crippen molar-refractivity contribution in [2.75, 3.05) is 31.3 Å². The lowest BCUT2D eigenvalue weighted by molar-refractivity contribution is -0.133. The van der Waals surface area contributed by atoms with Gasteiger partial charge in [0, 0.05) is 25.2 Å². The quantitative estimate of drug-likeness (QED) is 0.796. The van der Waals surface area contributed by atoms with Gasteiger partial charge < -0.3 is 15.2 Å². The summed E-state index contributed by atoms with van der Waals surface area (Å²) in [5, 5.41) is 11.6. The van der Waals surface area contributed by atoms with Gasteiger partial charge in [-0.1, -0.05) is 24.3 Å². The van der Waals surface area contributed by atoms with Gasteiger partial charge in [-0.25, -0.2) is 0 Å². The summed E-state index contributed by atoms with van der Waals surface area (Å²) in [7, 11) is 0. The molecule has 6 heteroatoms. The zero-order valence-corrected chi connectivity index (χ0v) is 14.2. The Morgan fingerprint density at radius 3 is 2.61 bits per heavy atom. The first-order valence-corrected chi connectivity index (χ1v) is 8.89. The van der Waals surface area contributed by atoms with Crippen LogP contribution in [0.3, 0.4) is 0 Å². The smallest absolute Gasteiger partial charge is 0.313 e. The zero-order valence-electron chi connectivity index (χ0n) is 13.3. The van der Waals surface area contributed by atoms with Gasteiger partial charge in [0.15, 0.2) is 0 Å². The Labute approximate surface area is 140 Å². The normalized spacial score (nSPS) is 16.7. The number of aliphatic carboxylic acids is 1. The van der Waals surface area contributed by atoms with Crippen LogP contribution < -0.4 is 5.32 Å². The standard InChI is InChI=1S/C17H23NO4S/c1-13-4-2-3-5-14(13)17(6-8-22-9-7-17)12-18-15(19)10-23-11-16(20)21/h2-5H,6-12H2,1H3,(H,18,19)(H,20,21). The minimum atomic E-state index is -0.899. The summed E-state index contributed by atoms with van der Waals surface area (Å²) in [4.78, 5) is 22.5. The summed E-state index contributed by atoms with van der Waals surface area (Å²) >= 11 is 1.12. The molecule has 1 aliphatic rings. The van der Waals surface area contributed by atoms with Crippen molar-refractivity contribution in [3.8, 4) is 0 Å². The molecule has 1 amide bonds. The number of hydrogen-bond donors (Lipinski definition) is 2. The topological polar surface area (TPSA) is 75.6 Å². The summed E-state index contributed by atoms with van der Waals surface area (Å²) in [6, 6.07) is 8.28. The molecule has 0 aromatic heterocycles. The van der Waals surface area contributed by atoms with Crippen LogP contribution in [0.1, 0.15) is 24.0 Å². The van der Waals surface area contributed by atoms with E-state index in [2.05, 4.69) is 24.4 Å². The number of carboxylic acid groups (broad SMARTS) is 1. The number of thioether (sulfide) groups is 1. The molecule has 2 rings (SSSR count). The van der Waals surface area contributed by atoms with Crippen molar-refractivity contribution in [3.05, 3.63) is 35.4 Å². The summed E-state index contributed by atoms with van der Waals surface area (Å²) in [6.45, 7) is 4.04. The molecule has 1 heterocycles. The maximum absolute atomic E-state index is 12.0. The fourth-order valence-electron chi connectivity index (χ4n) is 3.02. The van der Waals surface area contributed by atoms with E-state index in [1.54, 1.807) is 0 Å². The van der Waals surface area contributed by atoms with E-state index in [1.165, 1.54) is 11.1 Å². The monoisotopic (exact) mass is 337 g/mol. The number of rotatable bonds is 7. The second-order valence-electron chi connectivity index (χ2n) is 5.87. The van der Waals surface area contributed by atoms with Crippen molar-refractivity contribution in [1.29, 1.82) is 0 Å². The molecule has 1 aliphatic heterocycles. The van der Waals surface area contributed by atoms with Gasteiger partial charge >= 0.3 is 5.97 Å². The van der Waals surface area contributed by atoms with E-state index in [0.717, 1.165) is 24.6 Å². The summed E-state index contributed by atoms with van der Waals surface area (Å²) in [5.74, 6) is -0.893. The van der Waals surface area contributed by atoms with E-state index in [4.69, 9.17) is 9.84 Å². The summed E-state index contributed by atoms with van der Waals surface area (Å²) < 4.78 is 5.50. The molecule has 0 bridgehead atoms. The van der Waals surface area contributed by atoms with Crippen LogP contribution in [0.4, 0.5) is 0 Å². The summed E-state index contributed by atoms with van der Waals surface area (Å²) in [6.07, 6.45) is 1.75. The highest BCUT2D eigenvalue weighted by Crippen LogP contribution is 2.36. The van der Waals surface area contributed by atoms with Gasteiger partial charge in [0.25, 0.3) is 0 Å². The summed E-state index contributed by atoms with van der Waals surface area (Å²) in [5.41, 5.74) is 2.39. The van der Waals surface area contributed by atoms with Crippen molar-refractivity contribution >= 4 is 23.6 Å². The number of hydrogen-bond acceptors (Lipinski definition) is 4. The van der Waals surface area contributed by atoms with Crippen molar-refractivity contribution in [2.24, 2.45) is 0 Å². The second-order valence-corrected chi connectivity index (χ2v) is 6.86. The van der Waals surface area contributed by atoms with Gasteiger partial charge in [-0.2, -0.15) is 0 Å². The first-order chi connectivity index (χ1) is 11.0. The number of amides is 1. The lowest BCUT2D eigenvalue weighted by Crippen LogP contribution is -2.45. The van der Waals surface area contributed by atoms with Gasteiger partial charge in [-0.15, -0.1) is 11.8 Å². The number of aryl methyl sites for hydroxylation is 1. The van der Waals surface area contributed by atoms with E-state index in [-0.39, 0.29) is 22.8 Å². The average molecular weight is 337 g/mol. The molecule has 0 aliphatic carbocycles. The number of ether oxygens (including phenoxy) is 1. The van der Waals surface area contributed by atoms with E-state index in [1.807, 2.05) is 12.1 Å². The van der Waals surface area contributed by atoms with Crippen LogP contribution in [0, 0.1) is 6.92 Å². The molecule has 0 saturated carbocycles. The SMILES string of the molecule is Cc1ccccc1C1(CNC(=O)CSCC(=O)O)CCOCC1. The van der Waals surface area contributed by atoms with Crippen LogP contribution in [0.5, 0.6) is 0 Å². The molecule has 23 heavy (non-hydrogen) atoms. The molecule has 0 atom stereocenters. The molecule has 0 unspecified atom stereocenters. The predicted octanol–water partition coefficient (Wildman–Crippen LogP) is 1.98. The molecule has 126 valence electrons. The minimum absolute atomic E-state index is 0.0514. The van der Waals surface area contributed by atoms with Gasteiger partial charge in [-0.3, -0.25) is 9.59 Å². The highest BCUT2D eigenvalue weighted by atomic mass is 32.2. The molecule has 0 spiro atoms. The molecule has 1 fully saturated rings. The molecular formula is C17H23NO4S. The van der Waals surface area contributed by atoms with Crippen LogP contribution in [0.2, 0.25) is 0 Å². The molecule has 1 aromatic rings.